The van der Waals surface area contributed by atoms with Gasteiger partial charge in [0.05, 0.1) is 23.5 Å². The van der Waals surface area contributed by atoms with Crippen molar-refractivity contribution in [3.05, 3.63) is 23.8 Å². The molecule has 1 fully saturated rings. The molecule has 1 saturated heterocycles. The zero-order valence-electron chi connectivity index (χ0n) is 11.7. The molecule has 4 heteroatoms. The van der Waals surface area contributed by atoms with Crippen LogP contribution >= 0.6 is 0 Å². The summed E-state index contributed by atoms with van der Waals surface area (Å²) in [5, 5.41) is 0. The molecule has 19 heavy (non-hydrogen) atoms. The van der Waals surface area contributed by atoms with E-state index in [-0.39, 0.29) is 5.97 Å². The van der Waals surface area contributed by atoms with Crippen molar-refractivity contribution in [3.63, 3.8) is 0 Å². The van der Waals surface area contributed by atoms with Crippen molar-refractivity contribution in [3.8, 4) is 0 Å². The summed E-state index contributed by atoms with van der Waals surface area (Å²) >= 11 is 0. The molecule has 0 amide bonds. The molecule has 0 aliphatic carbocycles. The molecule has 1 aliphatic heterocycles. The van der Waals surface area contributed by atoms with E-state index in [1.54, 1.807) is 12.1 Å². The number of carbonyl (C=O) groups excluding carboxylic acids is 1. The van der Waals surface area contributed by atoms with E-state index in [1.807, 2.05) is 13.0 Å². The van der Waals surface area contributed by atoms with Gasteiger partial charge < -0.3 is 15.4 Å². The van der Waals surface area contributed by atoms with E-state index in [9.17, 15) is 4.79 Å². The van der Waals surface area contributed by atoms with Crippen LogP contribution in [0.3, 0.4) is 0 Å². The van der Waals surface area contributed by atoms with Crippen molar-refractivity contribution < 1.29 is 9.53 Å². The van der Waals surface area contributed by atoms with Crippen LogP contribution in [0.25, 0.3) is 0 Å². The Morgan fingerprint density at radius 1 is 1.53 bits per heavy atom. The number of benzene rings is 1. The van der Waals surface area contributed by atoms with Crippen molar-refractivity contribution in [1.29, 1.82) is 0 Å². The average molecular weight is 262 g/mol. The summed E-state index contributed by atoms with van der Waals surface area (Å²) in [6.45, 7) is 6.44. The normalized spacial score (nSPS) is 19.3. The molecule has 0 aromatic heterocycles. The predicted octanol–water partition coefficient (Wildman–Crippen LogP) is 2.68. The fourth-order valence-corrected chi connectivity index (χ4v) is 2.57. The number of hydrogen-bond donors (Lipinski definition) is 1. The zero-order valence-corrected chi connectivity index (χ0v) is 11.7. The van der Waals surface area contributed by atoms with Gasteiger partial charge in [-0.25, -0.2) is 4.79 Å². The molecule has 0 saturated carbocycles. The van der Waals surface area contributed by atoms with Crippen LogP contribution in [0, 0.1) is 5.92 Å². The molecule has 1 atom stereocenters. The minimum Gasteiger partial charge on any atom is -0.462 e. The maximum atomic E-state index is 11.8. The molecular formula is C15H22N2O2. The monoisotopic (exact) mass is 262 g/mol. The topological polar surface area (TPSA) is 55.6 Å². The number of piperidine rings is 1. The fraction of sp³-hybridized carbons (Fsp3) is 0.533. The van der Waals surface area contributed by atoms with E-state index < -0.39 is 0 Å². The molecule has 2 N–H and O–H groups in total. The number of rotatable bonds is 3. The Hall–Kier alpha value is -1.71. The SMILES string of the molecule is CCOC(=O)c1ccc(N)c(N2CCCC(C)C2)c1. The molecule has 2 rings (SSSR count). The van der Waals surface area contributed by atoms with Gasteiger partial charge in [0.15, 0.2) is 0 Å². The number of ether oxygens (including phenoxy) is 1. The van der Waals surface area contributed by atoms with Crippen molar-refractivity contribution >= 4 is 17.3 Å². The summed E-state index contributed by atoms with van der Waals surface area (Å²) in [7, 11) is 0. The van der Waals surface area contributed by atoms with E-state index in [1.165, 1.54) is 12.8 Å². The van der Waals surface area contributed by atoms with Crippen LogP contribution in [0.2, 0.25) is 0 Å². The van der Waals surface area contributed by atoms with Crippen molar-refractivity contribution in [2.75, 3.05) is 30.3 Å². The minimum absolute atomic E-state index is 0.284. The van der Waals surface area contributed by atoms with Gasteiger partial charge in [0.2, 0.25) is 0 Å². The first kappa shape index (κ1) is 13.7. The Kier molecular flexibility index (Phi) is 4.30. The molecule has 1 aromatic carbocycles. The lowest BCUT2D eigenvalue weighted by molar-refractivity contribution is 0.0526. The second kappa shape index (κ2) is 5.95. The Morgan fingerprint density at radius 3 is 3.00 bits per heavy atom. The first-order valence-electron chi connectivity index (χ1n) is 6.93. The fourth-order valence-electron chi connectivity index (χ4n) is 2.57. The highest BCUT2D eigenvalue weighted by Gasteiger charge is 2.19. The van der Waals surface area contributed by atoms with Gasteiger partial charge in [0.1, 0.15) is 0 Å². The highest BCUT2D eigenvalue weighted by Crippen LogP contribution is 2.29. The first-order chi connectivity index (χ1) is 9.11. The predicted molar refractivity (Wildman–Crippen MR) is 77.4 cm³/mol. The van der Waals surface area contributed by atoms with Gasteiger partial charge in [-0.1, -0.05) is 6.92 Å². The third-order valence-corrected chi connectivity index (χ3v) is 3.54. The molecule has 4 nitrogen and oxygen atoms in total. The average Bonchev–Trinajstić information content (AvgIpc) is 2.39. The van der Waals surface area contributed by atoms with Gasteiger partial charge in [0, 0.05) is 13.1 Å². The van der Waals surface area contributed by atoms with Gasteiger partial charge >= 0.3 is 5.97 Å². The molecule has 104 valence electrons. The molecular weight excluding hydrogens is 240 g/mol. The largest absolute Gasteiger partial charge is 0.462 e. The van der Waals surface area contributed by atoms with Gasteiger partial charge in [0.25, 0.3) is 0 Å². The summed E-state index contributed by atoms with van der Waals surface area (Å²) < 4.78 is 5.03. The second-order valence-electron chi connectivity index (χ2n) is 5.19. The molecule has 0 radical (unpaired) electrons. The summed E-state index contributed by atoms with van der Waals surface area (Å²) in [4.78, 5) is 14.0. The summed E-state index contributed by atoms with van der Waals surface area (Å²) in [5.74, 6) is 0.383. The summed E-state index contributed by atoms with van der Waals surface area (Å²) in [6.07, 6.45) is 2.43. The van der Waals surface area contributed by atoms with Gasteiger partial charge in [-0.05, 0) is 43.9 Å². The lowest BCUT2D eigenvalue weighted by atomic mass is 9.99. The van der Waals surface area contributed by atoms with Gasteiger partial charge in [-0.15, -0.1) is 0 Å². The third-order valence-electron chi connectivity index (χ3n) is 3.54. The Bertz CT molecular complexity index is 459. The zero-order chi connectivity index (χ0) is 13.8. The molecule has 0 bridgehead atoms. The van der Waals surface area contributed by atoms with E-state index in [2.05, 4.69) is 11.8 Å². The maximum absolute atomic E-state index is 11.8. The van der Waals surface area contributed by atoms with E-state index in [4.69, 9.17) is 10.5 Å². The van der Waals surface area contributed by atoms with E-state index in [0.717, 1.165) is 24.5 Å². The number of nitrogen functional groups attached to an aromatic ring is 1. The molecule has 1 unspecified atom stereocenters. The Morgan fingerprint density at radius 2 is 2.32 bits per heavy atom. The van der Waals surface area contributed by atoms with Crippen LogP contribution < -0.4 is 10.6 Å². The highest BCUT2D eigenvalue weighted by molar-refractivity contribution is 5.92. The van der Waals surface area contributed by atoms with Gasteiger partial charge in [-0.3, -0.25) is 0 Å². The number of anilines is 2. The number of esters is 1. The van der Waals surface area contributed by atoms with Crippen LogP contribution in [0.5, 0.6) is 0 Å². The molecule has 0 spiro atoms. The second-order valence-corrected chi connectivity index (χ2v) is 5.19. The lowest BCUT2D eigenvalue weighted by Gasteiger charge is -2.33. The van der Waals surface area contributed by atoms with Crippen molar-refractivity contribution in [2.45, 2.75) is 26.7 Å². The summed E-state index contributed by atoms with van der Waals surface area (Å²) in [5.41, 5.74) is 8.30. The van der Waals surface area contributed by atoms with Crippen LogP contribution in [0.15, 0.2) is 18.2 Å². The molecule has 1 aliphatic rings. The maximum Gasteiger partial charge on any atom is 0.338 e. The van der Waals surface area contributed by atoms with E-state index in [0.29, 0.717) is 18.1 Å². The van der Waals surface area contributed by atoms with Crippen LogP contribution in [-0.2, 0) is 4.74 Å². The third kappa shape index (κ3) is 3.19. The molecule has 1 aromatic rings. The Balaban J connectivity index is 2.23. The quantitative estimate of drug-likeness (QED) is 0.672. The van der Waals surface area contributed by atoms with Crippen LogP contribution in [0.4, 0.5) is 11.4 Å². The van der Waals surface area contributed by atoms with Crippen molar-refractivity contribution in [1.82, 2.24) is 0 Å². The van der Waals surface area contributed by atoms with Gasteiger partial charge in [-0.2, -0.15) is 0 Å². The number of carbonyl (C=O) groups is 1. The number of nitrogens with zero attached hydrogens (tertiary/aromatic N) is 1. The summed E-state index contributed by atoms with van der Waals surface area (Å²) in [6, 6.07) is 5.37. The van der Waals surface area contributed by atoms with Crippen molar-refractivity contribution in [2.24, 2.45) is 5.92 Å². The highest BCUT2D eigenvalue weighted by atomic mass is 16.5. The smallest absolute Gasteiger partial charge is 0.338 e. The number of hydrogen-bond acceptors (Lipinski definition) is 4. The molecule has 1 heterocycles. The standard InChI is InChI=1S/C15H22N2O2/c1-3-19-15(18)12-6-7-13(16)14(9-12)17-8-4-5-11(2)10-17/h6-7,9,11H,3-5,8,10,16H2,1-2H3. The lowest BCUT2D eigenvalue weighted by Crippen LogP contribution is -2.34. The Labute approximate surface area is 114 Å². The minimum atomic E-state index is -0.284. The first-order valence-corrected chi connectivity index (χ1v) is 6.93. The van der Waals surface area contributed by atoms with Crippen LogP contribution in [-0.4, -0.2) is 25.7 Å². The van der Waals surface area contributed by atoms with E-state index >= 15 is 0 Å². The van der Waals surface area contributed by atoms with Crippen LogP contribution in [0.1, 0.15) is 37.0 Å². The number of nitrogens with two attached hydrogens (primary N) is 1.